The molecule has 1 aliphatic heterocycles. The monoisotopic (exact) mass is 340 g/mol. The van der Waals surface area contributed by atoms with Gasteiger partial charge in [-0.2, -0.15) is 0 Å². The van der Waals surface area contributed by atoms with E-state index in [4.69, 9.17) is 16.3 Å². The molecule has 1 aliphatic rings. The number of benzene rings is 2. The fraction of sp³-hybridized carbons (Fsp3) is 0.211. The van der Waals surface area contributed by atoms with Gasteiger partial charge in [0, 0.05) is 5.39 Å². The maximum Gasteiger partial charge on any atom is 0.268 e. The molecule has 0 radical (unpaired) electrons. The summed E-state index contributed by atoms with van der Waals surface area (Å²) >= 11 is 6.30. The molecule has 0 saturated carbocycles. The molecule has 2 aromatic carbocycles. The number of hydrogen-bond donors (Lipinski definition) is 1. The van der Waals surface area contributed by atoms with E-state index in [2.05, 4.69) is 5.32 Å². The molecule has 0 spiro atoms. The van der Waals surface area contributed by atoms with Crippen LogP contribution in [0.15, 0.2) is 48.5 Å². The summed E-state index contributed by atoms with van der Waals surface area (Å²) in [4.78, 5) is 12.8. The lowest BCUT2D eigenvalue weighted by Gasteiger charge is -2.20. The minimum Gasteiger partial charge on any atom is -0.490 e. The van der Waals surface area contributed by atoms with Crippen molar-refractivity contribution in [3.05, 3.63) is 64.8 Å². The van der Waals surface area contributed by atoms with Gasteiger partial charge in [-0.3, -0.25) is 4.79 Å². The van der Waals surface area contributed by atoms with Crippen LogP contribution in [0.4, 0.5) is 0 Å². The number of halogens is 1. The highest BCUT2D eigenvalue weighted by atomic mass is 35.5. The molecule has 4 rings (SSSR count). The maximum atomic E-state index is 12.8. The number of hydrogen-bond acceptors (Lipinski definition) is 2. The van der Waals surface area contributed by atoms with Gasteiger partial charge in [0.2, 0.25) is 0 Å². The van der Waals surface area contributed by atoms with E-state index in [1.807, 2.05) is 60.0 Å². The van der Waals surface area contributed by atoms with Crippen molar-refractivity contribution < 1.29 is 9.53 Å². The van der Waals surface area contributed by atoms with Crippen LogP contribution in [0.3, 0.4) is 0 Å². The van der Waals surface area contributed by atoms with Crippen LogP contribution in [0, 0.1) is 0 Å². The SMILES string of the molecule is C[C@@H](NC(=O)c1cc2c(Cl)ccc3c2n1CCO3)c1ccccc1. The van der Waals surface area contributed by atoms with E-state index in [0.717, 1.165) is 22.2 Å². The van der Waals surface area contributed by atoms with Crippen LogP contribution < -0.4 is 10.1 Å². The third-order valence-electron chi connectivity index (χ3n) is 4.42. The predicted octanol–water partition coefficient (Wildman–Crippen LogP) is 4.18. The maximum absolute atomic E-state index is 12.8. The molecule has 3 aromatic rings. The second kappa shape index (κ2) is 5.87. The topological polar surface area (TPSA) is 43.3 Å². The van der Waals surface area contributed by atoms with Gasteiger partial charge in [-0.1, -0.05) is 41.9 Å². The van der Waals surface area contributed by atoms with E-state index >= 15 is 0 Å². The van der Waals surface area contributed by atoms with Crippen molar-refractivity contribution in [3.8, 4) is 5.75 Å². The molecule has 1 N–H and O–H groups in total. The van der Waals surface area contributed by atoms with Crippen molar-refractivity contribution in [2.45, 2.75) is 19.5 Å². The lowest BCUT2D eigenvalue weighted by Crippen LogP contribution is -2.29. The first-order chi connectivity index (χ1) is 11.6. The second-order valence-corrected chi connectivity index (χ2v) is 6.35. The molecule has 5 heteroatoms. The number of aromatic nitrogens is 1. The number of nitrogens with one attached hydrogen (secondary N) is 1. The molecule has 122 valence electrons. The van der Waals surface area contributed by atoms with E-state index in [1.165, 1.54) is 0 Å². The minimum atomic E-state index is -0.105. The molecule has 0 unspecified atom stereocenters. The smallest absolute Gasteiger partial charge is 0.268 e. The molecular formula is C19H17ClN2O2. The molecule has 0 bridgehead atoms. The molecule has 4 nitrogen and oxygen atoms in total. The summed E-state index contributed by atoms with van der Waals surface area (Å²) in [5, 5.41) is 4.55. The molecule has 1 aromatic heterocycles. The average molecular weight is 341 g/mol. The fourth-order valence-corrected chi connectivity index (χ4v) is 3.40. The molecule has 1 amide bonds. The van der Waals surface area contributed by atoms with Crippen molar-refractivity contribution in [2.75, 3.05) is 6.61 Å². The fourth-order valence-electron chi connectivity index (χ4n) is 3.19. The number of carbonyl (C=O) groups excluding carboxylic acids is 1. The van der Waals surface area contributed by atoms with E-state index in [-0.39, 0.29) is 11.9 Å². The van der Waals surface area contributed by atoms with Gasteiger partial charge in [0.1, 0.15) is 18.1 Å². The van der Waals surface area contributed by atoms with Crippen molar-refractivity contribution in [1.29, 1.82) is 0 Å². The van der Waals surface area contributed by atoms with Crippen LogP contribution >= 0.6 is 11.6 Å². The van der Waals surface area contributed by atoms with Crippen LogP contribution in [-0.4, -0.2) is 17.1 Å². The number of rotatable bonds is 3. The Morgan fingerprint density at radius 1 is 1.25 bits per heavy atom. The molecule has 1 atom stereocenters. The van der Waals surface area contributed by atoms with E-state index in [1.54, 1.807) is 0 Å². The van der Waals surface area contributed by atoms with Gasteiger partial charge in [-0.15, -0.1) is 0 Å². The number of carbonyl (C=O) groups is 1. The Kier molecular flexibility index (Phi) is 3.69. The van der Waals surface area contributed by atoms with Crippen molar-refractivity contribution >= 4 is 28.4 Å². The zero-order valence-corrected chi connectivity index (χ0v) is 14.0. The van der Waals surface area contributed by atoms with Crippen LogP contribution in [-0.2, 0) is 6.54 Å². The van der Waals surface area contributed by atoms with Gasteiger partial charge < -0.3 is 14.6 Å². The average Bonchev–Trinajstić information content (AvgIpc) is 3.01. The van der Waals surface area contributed by atoms with Crippen LogP contribution in [0.1, 0.15) is 29.0 Å². The summed E-state index contributed by atoms with van der Waals surface area (Å²) in [5.74, 6) is 0.669. The van der Waals surface area contributed by atoms with Crippen LogP contribution in [0.25, 0.3) is 10.9 Å². The molecular weight excluding hydrogens is 324 g/mol. The Morgan fingerprint density at radius 2 is 2.04 bits per heavy atom. The zero-order valence-electron chi connectivity index (χ0n) is 13.3. The Hall–Kier alpha value is -2.46. The Bertz CT molecular complexity index is 918. The van der Waals surface area contributed by atoms with Crippen molar-refractivity contribution in [2.24, 2.45) is 0 Å². The first-order valence-corrected chi connectivity index (χ1v) is 8.33. The van der Waals surface area contributed by atoms with Gasteiger partial charge in [-0.05, 0) is 30.7 Å². The first kappa shape index (κ1) is 15.1. The van der Waals surface area contributed by atoms with Crippen molar-refractivity contribution in [3.63, 3.8) is 0 Å². The Labute approximate surface area is 145 Å². The van der Waals surface area contributed by atoms with Gasteiger partial charge in [-0.25, -0.2) is 0 Å². The van der Waals surface area contributed by atoms with Gasteiger partial charge >= 0.3 is 0 Å². The molecule has 24 heavy (non-hydrogen) atoms. The summed E-state index contributed by atoms with van der Waals surface area (Å²) in [6, 6.07) is 15.4. The highest BCUT2D eigenvalue weighted by Gasteiger charge is 2.23. The van der Waals surface area contributed by atoms with Gasteiger partial charge in [0.15, 0.2) is 0 Å². The molecule has 0 aliphatic carbocycles. The van der Waals surface area contributed by atoms with Gasteiger partial charge in [0.05, 0.1) is 23.1 Å². The van der Waals surface area contributed by atoms with Crippen molar-refractivity contribution in [1.82, 2.24) is 9.88 Å². The summed E-state index contributed by atoms with van der Waals surface area (Å²) in [7, 11) is 0. The van der Waals surface area contributed by atoms with E-state index in [9.17, 15) is 4.79 Å². The van der Waals surface area contributed by atoms with Gasteiger partial charge in [0.25, 0.3) is 5.91 Å². The highest BCUT2D eigenvalue weighted by molar-refractivity contribution is 6.36. The van der Waals surface area contributed by atoms with Crippen LogP contribution in [0.5, 0.6) is 5.75 Å². The Balaban J connectivity index is 1.71. The molecule has 0 fully saturated rings. The van der Waals surface area contributed by atoms with E-state index < -0.39 is 0 Å². The first-order valence-electron chi connectivity index (χ1n) is 7.95. The number of ether oxygens (including phenoxy) is 1. The lowest BCUT2D eigenvalue weighted by atomic mass is 10.1. The minimum absolute atomic E-state index is 0.0701. The largest absolute Gasteiger partial charge is 0.490 e. The normalized spacial score (nSPS) is 14.2. The summed E-state index contributed by atoms with van der Waals surface area (Å²) in [6.07, 6.45) is 0. The Morgan fingerprint density at radius 3 is 2.83 bits per heavy atom. The number of nitrogens with zero attached hydrogens (tertiary/aromatic N) is 1. The summed E-state index contributed by atoms with van der Waals surface area (Å²) in [5.41, 5.74) is 2.58. The zero-order chi connectivity index (χ0) is 16.7. The lowest BCUT2D eigenvalue weighted by molar-refractivity contribution is 0.0929. The predicted molar refractivity (Wildman–Crippen MR) is 94.8 cm³/mol. The summed E-state index contributed by atoms with van der Waals surface area (Å²) < 4.78 is 7.68. The van der Waals surface area contributed by atoms with Crippen LogP contribution in [0.2, 0.25) is 5.02 Å². The highest BCUT2D eigenvalue weighted by Crippen LogP contribution is 2.36. The summed E-state index contributed by atoms with van der Waals surface area (Å²) in [6.45, 7) is 3.17. The second-order valence-electron chi connectivity index (χ2n) is 5.94. The number of amides is 1. The third-order valence-corrected chi connectivity index (χ3v) is 4.75. The standard InChI is InChI=1S/C19H17ClN2O2/c1-12(13-5-3-2-4-6-13)21-19(23)16-11-14-15(20)7-8-17-18(14)22(16)9-10-24-17/h2-8,11-12H,9-10H2,1H3,(H,21,23)/t12-/m1/s1. The molecule has 0 saturated heterocycles. The van der Waals surface area contributed by atoms with E-state index in [0.29, 0.717) is 23.9 Å². The quantitative estimate of drug-likeness (QED) is 0.777. The third kappa shape index (κ3) is 2.43. The molecule has 2 heterocycles.